The van der Waals surface area contributed by atoms with Gasteiger partial charge in [0.1, 0.15) is 0 Å². The Labute approximate surface area is 187 Å². The quantitative estimate of drug-likeness (QED) is 0.161. The molecule has 1 aliphatic carbocycles. The third-order valence-electron chi connectivity index (χ3n) is 6.20. The first-order valence-electron chi connectivity index (χ1n) is 11.8. The number of aryl methyl sites for hydroxylation is 2. The smallest absolute Gasteiger partial charge is 0.0607 e. The predicted molar refractivity (Wildman–Crippen MR) is 127 cm³/mol. The van der Waals surface area contributed by atoms with E-state index in [0.29, 0.717) is 19.8 Å². The number of unbranched alkanes of at least 4 members (excludes halogenated alkanes) is 4. The van der Waals surface area contributed by atoms with Gasteiger partial charge in [-0.1, -0.05) is 86.3 Å². The van der Waals surface area contributed by atoms with E-state index in [0.717, 1.165) is 25.9 Å². The van der Waals surface area contributed by atoms with E-state index in [1.165, 1.54) is 54.4 Å². The van der Waals surface area contributed by atoms with E-state index in [4.69, 9.17) is 10.3 Å². The van der Waals surface area contributed by atoms with Crippen molar-refractivity contribution < 1.29 is 4.74 Å². The first kappa shape index (κ1) is 23.3. The molecule has 5 heteroatoms. The van der Waals surface area contributed by atoms with E-state index >= 15 is 0 Å². The van der Waals surface area contributed by atoms with Gasteiger partial charge in [-0.05, 0) is 53.6 Å². The van der Waals surface area contributed by atoms with Crippen LogP contribution in [0.2, 0.25) is 0 Å². The van der Waals surface area contributed by atoms with Gasteiger partial charge in [0.25, 0.3) is 0 Å². The molecule has 0 saturated heterocycles. The minimum absolute atomic E-state index is 0.266. The summed E-state index contributed by atoms with van der Waals surface area (Å²) >= 11 is 0. The topological polar surface area (TPSA) is 61.2 Å². The highest BCUT2D eigenvalue weighted by atomic mass is 16.5. The van der Waals surface area contributed by atoms with Gasteiger partial charge in [-0.25, -0.2) is 0 Å². The number of fused-ring (bicyclic) bond motifs is 2. The normalized spacial score (nSPS) is 13.4. The molecule has 0 radical (unpaired) electrons. The number of benzene rings is 2. The van der Waals surface area contributed by atoms with Crippen LogP contribution in [0.15, 0.2) is 53.6 Å². The molecule has 0 unspecified atom stereocenters. The molecule has 0 bridgehead atoms. The fraction of sp³-hybridized carbons (Fsp3) is 0.538. The Hall–Kier alpha value is -2.33. The van der Waals surface area contributed by atoms with Crippen LogP contribution < -0.4 is 0 Å². The highest BCUT2D eigenvalue weighted by Gasteiger charge is 2.28. The molecule has 0 saturated carbocycles. The zero-order valence-corrected chi connectivity index (χ0v) is 18.9. The van der Waals surface area contributed by atoms with Crippen molar-refractivity contribution in [3.8, 4) is 0 Å². The minimum Gasteiger partial charge on any atom is -0.380 e. The lowest BCUT2D eigenvalue weighted by atomic mass is 9.93. The summed E-state index contributed by atoms with van der Waals surface area (Å²) in [6.45, 7) is 5.72. The average Bonchev–Trinajstić information content (AvgIpc) is 2.97. The third-order valence-corrected chi connectivity index (χ3v) is 6.20. The Morgan fingerprint density at radius 1 is 0.903 bits per heavy atom. The summed E-state index contributed by atoms with van der Waals surface area (Å²) in [4.78, 5) is 5.42. The van der Waals surface area contributed by atoms with Crippen LogP contribution in [0.25, 0.3) is 10.4 Å². The molecule has 0 atom stereocenters. The van der Waals surface area contributed by atoms with E-state index in [2.05, 4.69) is 70.4 Å². The number of rotatable bonds is 13. The van der Waals surface area contributed by atoms with Gasteiger partial charge in [0.2, 0.25) is 0 Å². The molecule has 2 aromatic rings. The number of ether oxygens (including phenoxy) is 1. The second-order valence-electron chi connectivity index (χ2n) is 8.32. The largest absolute Gasteiger partial charge is 0.380 e. The lowest BCUT2D eigenvalue weighted by Gasteiger charge is -2.33. The van der Waals surface area contributed by atoms with Crippen molar-refractivity contribution in [3.63, 3.8) is 0 Å². The van der Waals surface area contributed by atoms with Gasteiger partial charge >= 0.3 is 0 Å². The van der Waals surface area contributed by atoms with Crippen molar-refractivity contribution in [2.75, 3.05) is 32.8 Å². The van der Waals surface area contributed by atoms with Crippen molar-refractivity contribution in [1.82, 2.24) is 4.90 Å². The second-order valence-corrected chi connectivity index (χ2v) is 8.32. The molecule has 166 valence electrons. The number of hydrogen-bond donors (Lipinski definition) is 0. The molecule has 0 heterocycles. The second kappa shape index (κ2) is 13.2. The lowest BCUT2D eigenvalue weighted by Crippen LogP contribution is -2.34. The van der Waals surface area contributed by atoms with Gasteiger partial charge in [-0.2, -0.15) is 0 Å². The molecule has 1 aliphatic rings. The Balaban J connectivity index is 1.80. The zero-order chi connectivity index (χ0) is 21.7. The Morgan fingerprint density at radius 2 is 1.55 bits per heavy atom. The summed E-state index contributed by atoms with van der Waals surface area (Å²) in [7, 11) is 0. The number of azide groups is 1. The molecule has 3 rings (SSSR count). The van der Waals surface area contributed by atoms with Crippen LogP contribution in [0.3, 0.4) is 0 Å². The van der Waals surface area contributed by atoms with Crippen LogP contribution in [0.1, 0.15) is 67.3 Å². The van der Waals surface area contributed by atoms with Crippen LogP contribution in [0.4, 0.5) is 0 Å². The van der Waals surface area contributed by atoms with E-state index in [1.807, 2.05) is 0 Å². The molecular formula is C26H36N4O. The monoisotopic (exact) mass is 420 g/mol. The fourth-order valence-corrected chi connectivity index (χ4v) is 4.61. The van der Waals surface area contributed by atoms with E-state index in [-0.39, 0.29) is 6.04 Å². The van der Waals surface area contributed by atoms with Crippen LogP contribution in [-0.2, 0) is 17.6 Å². The molecule has 0 amide bonds. The summed E-state index contributed by atoms with van der Waals surface area (Å²) in [5.41, 5.74) is 14.3. The molecule has 0 aliphatic heterocycles. The lowest BCUT2D eigenvalue weighted by molar-refractivity contribution is 0.0966. The fourth-order valence-electron chi connectivity index (χ4n) is 4.61. The van der Waals surface area contributed by atoms with E-state index < -0.39 is 0 Å². The van der Waals surface area contributed by atoms with Gasteiger partial charge in [-0.15, -0.1) is 0 Å². The Kier molecular flexibility index (Phi) is 9.91. The van der Waals surface area contributed by atoms with Crippen LogP contribution in [0.5, 0.6) is 0 Å². The van der Waals surface area contributed by atoms with Crippen molar-refractivity contribution in [1.29, 1.82) is 0 Å². The average molecular weight is 421 g/mol. The summed E-state index contributed by atoms with van der Waals surface area (Å²) < 4.78 is 5.80. The van der Waals surface area contributed by atoms with Gasteiger partial charge < -0.3 is 4.74 Å². The SMILES string of the molecule is CCCCCCCN(CCOCCN=[N+]=[N-])C1c2ccccc2CCc2ccccc21. The van der Waals surface area contributed by atoms with Crippen molar-refractivity contribution in [2.45, 2.75) is 57.9 Å². The molecule has 0 fully saturated rings. The maximum atomic E-state index is 8.45. The first-order valence-corrected chi connectivity index (χ1v) is 11.8. The number of hydrogen-bond acceptors (Lipinski definition) is 3. The van der Waals surface area contributed by atoms with Crippen LogP contribution in [-0.4, -0.2) is 37.7 Å². The van der Waals surface area contributed by atoms with Gasteiger partial charge in [0, 0.05) is 18.0 Å². The summed E-state index contributed by atoms with van der Waals surface area (Å²) in [5, 5.41) is 3.57. The van der Waals surface area contributed by atoms with E-state index in [1.54, 1.807) is 0 Å². The summed E-state index contributed by atoms with van der Waals surface area (Å²) in [6, 6.07) is 18.2. The molecule has 0 aromatic heterocycles. The highest BCUT2D eigenvalue weighted by Crippen LogP contribution is 2.36. The predicted octanol–water partition coefficient (Wildman–Crippen LogP) is 6.47. The molecule has 0 spiro atoms. The van der Waals surface area contributed by atoms with Crippen molar-refractivity contribution >= 4 is 0 Å². The van der Waals surface area contributed by atoms with E-state index in [9.17, 15) is 0 Å². The third kappa shape index (κ3) is 6.83. The molecule has 2 aromatic carbocycles. The maximum Gasteiger partial charge on any atom is 0.0607 e. The van der Waals surface area contributed by atoms with Gasteiger partial charge in [0.05, 0.1) is 19.3 Å². The van der Waals surface area contributed by atoms with Gasteiger partial charge in [0.15, 0.2) is 0 Å². The molecule has 5 nitrogen and oxygen atoms in total. The van der Waals surface area contributed by atoms with Gasteiger partial charge in [-0.3, -0.25) is 4.90 Å². The Bertz CT molecular complexity index is 799. The van der Waals surface area contributed by atoms with Crippen molar-refractivity contribution in [3.05, 3.63) is 81.2 Å². The van der Waals surface area contributed by atoms with Crippen LogP contribution in [0, 0.1) is 0 Å². The standard InChI is InChI=1S/C26H36N4O/c1-2-3-4-5-10-18-30(19-21-31-20-17-28-29-27)26-24-13-8-6-11-22(24)15-16-23-12-7-9-14-25(23)26/h6-9,11-14,26H,2-5,10,15-21H2,1H3. The summed E-state index contributed by atoms with van der Waals surface area (Å²) in [5.74, 6) is 0. The first-order chi connectivity index (χ1) is 15.3. The zero-order valence-electron chi connectivity index (χ0n) is 18.9. The van der Waals surface area contributed by atoms with Crippen molar-refractivity contribution in [2.24, 2.45) is 5.11 Å². The highest BCUT2D eigenvalue weighted by molar-refractivity contribution is 5.44. The number of nitrogens with zero attached hydrogens (tertiary/aromatic N) is 4. The molecule has 0 N–H and O–H groups in total. The van der Waals surface area contributed by atoms with Crippen LogP contribution >= 0.6 is 0 Å². The summed E-state index contributed by atoms with van der Waals surface area (Å²) in [6.07, 6.45) is 8.57. The molecule has 31 heavy (non-hydrogen) atoms. The molecular weight excluding hydrogens is 384 g/mol. The minimum atomic E-state index is 0.266. The Morgan fingerprint density at radius 3 is 2.19 bits per heavy atom. The maximum absolute atomic E-state index is 8.45.